The molecule has 5 N–H and O–H groups in total. The summed E-state index contributed by atoms with van der Waals surface area (Å²) in [6.07, 6.45) is 3.05. The SMILES string of the molecule is CCc1[nH]nc(C(=O)NCC2CCC(O)C2)c1N. The second-order valence-electron chi connectivity index (χ2n) is 4.86. The molecular weight excluding hydrogens is 232 g/mol. The number of aliphatic hydroxyl groups excluding tert-OH is 1. The van der Waals surface area contributed by atoms with Crippen LogP contribution < -0.4 is 11.1 Å². The van der Waals surface area contributed by atoms with Gasteiger partial charge in [0.05, 0.1) is 17.5 Å². The number of aromatic nitrogens is 2. The van der Waals surface area contributed by atoms with E-state index in [0.717, 1.165) is 31.4 Å². The van der Waals surface area contributed by atoms with Gasteiger partial charge in [0.25, 0.3) is 5.91 Å². The van der Waals surface area contributed by atoms with Crippen LogP contribution in [0.4, 0.5) is 5.69 Å². The number of hydrogen-bond donors (Lipinski definition) is 4. The van der Waals surface area contributed by atoms with Crippen LogP contribution in [0, 0.1) is 5.92 Å². The van der Waals surface area contributed by atoms with Gasteiger partial charge < -0.3 is 16.2 Å². The van der Waals surface area contributed by atoms with Crippen LogP contribution in [0.3, 0.4) is 0 Å². The molecule has 0 spiro atoms. The van der Waals surface area contributed by atoms with Crippen molar-refractivity contribution in [2.75, 3.05) is 12.3 Å². The molecule has 100 valence electrons. The molecule has 2 rings (SSSR count). The van der Waals surface area contributed by atoms with E-state index in [1.165, 1.54) is 0 Å². The lowest BCUT2D eigenvalue weighted by Crippen LogP contribution is -2.29. The smallest absolute Gasteiger partial charge is 0.273 e. The summed E-state index contributed by atoms with van der Waals surface area (Å²) in [7, 11) is 0. The van der Waals surface area contributed by atoms with Crippen LogP contribution in [0.25, 0.3) is 0 Å². The van der Waals surface area contributed by atoms with Gasteiger partial charge in [-0.1, -0.05) is 6.92 Å². The van der Waals surface area contributed by atoms with Gasteiger partial charge in [0, 0.05) is 6.54 Å². The third kappa shape index (κ3) is 2.64. The zero-order valence-electron chi connectivity index (χ0n) is 10.6. The fraction of sp³-hybridized carbons (Fsp3) is 0.667. The van der Waals surface area contributed by atoms with Gasteiger partial charge in [0.2, 0.25) is 0 Å². The highest BCUT2D eigenvalue weighted by Gasteiger charge is 2.24. The zero-order chi connectivity index (χ0) is 13.1. The van der Waals surface area contributed by atoms with Gasteiger partial charge in [-0.25, -0.2) is 0 Å². The first kappa shape index (κ1) is 12.9. The monoisotopic (exact) mass is 252 g/mol. The Morgan fingerprint density at radius 2 is 2.39 bits per heavy atom. The second kappa shape index (κ2) is 5.39. The van der Waals surface area contributed by atoms with Crippen LogP contribution in [0.15, 0.2) is 0 Å². The van der Waals surface area contributed by atoms with Gasteiger partial charge in [-0.05, 0) is 31.6 Å². The Kier molecular flexibility index (Phi) is 3.86. The van der Waals surface area contributed by atoms with E-state index in [0.29, 0.717) is 18.2 Å². The first-order valence-electron chi connectivity index (χ1n) is 6.40. The highest BCUT2D eigenvalue weighted by molar-refractivity contribution is 5.97. The number of anilines is 1. The van der Waals surface area contributed by atoms with E-state index in [9.17, 15) is 9.90 Å². The third-order valence-corrected chi connectivity index (χ3v) is 3.52. The lowest BCUT2D eigenvalue weighted by molar-refractivity contribution is 0.0941. The third-order valence-electron chi connectivity index (χ3n) is 3.52. The number of rotatable bonds is 4. The molecule has 1 heterocycles. The number of aliphatic hydroxyl groups is 1. The van der Waals surface area contributed by atoms with Gasteiger partial charge >= 0.3 is 0 Å². The predicted octanol–water partition coefficient (Wildman–Crippen LogP) is 0.445. The minimum absolute atomic E-state index is 0.214. The van der Waals surface area contributed by atoms with Crippen molar-refractivity contribution in [1.29, 1.82) is 0 Å². The molecule has 6 nitrogen and oxygen atoms in total. The fourth-order valence-corrected chi connectivity index (χ4v) is 2.38. The van der Waals surface area contributed by atoms with Gasteiger partial charge in [0.15, 0.2) is 5.69 Å². The van der Waals surface area contributed by atoms with Crippen molar-refractivity contribution in [3.8, 4) is 0 Å². The maximum absolute atomic E-state index is 11.9. The molecule has 0 bridgehead atoms. The first-order valence-corrected chi connectivity index (χ1v) is 6.40. The second-order valence-corrected chi connectivity index (χ2v) is 4.86. The number of nitrogens with two attached hydrogens (primary N) is 1. The Hall–Kier alpha value is -1.56. The van der Waals surface area contributed by atoms with E-state index < -0.39 is 0 Å². The summed E-state index contributed by atoms with van der Waals surface area (Å²) >= 11 is 0. The summed E-state index contributed by atoms with van der Waals surface area (Å²) in [6.45, 7) is 2.52. The molecule has 0 aromatic carbocycles. The molecule has 1 aliphatic rings. The summed E-state index contributed by atoms with van der Waals surface area (Å²) in [5, 5.41) is 18.9. The molecule has 1 amide bonds. The van der Waals surface area contributed by atoms with Gasteiger partial charge in [-0.15, -0.1) is 0 Å². The summed E-state index contributed by atoms with van der Waals surface area (Å²) in [5.41, 5.74) is 7.32. The largest absolute Gasteiger partial charge is 0.395 e. The van der Waals surface area contributed by atoms with Crippen molar-refractivity contribution < 1.29 is 9.90 Å². The molecule has 1 aromatic heterocycles. The summed E-state index contributed by atoms with van der Waals surface area (Å²) in [4.78, 5) is 11.9. The topological polar surface area (TPSA) is 104 Å². The van der Waals surface area contributed by atoms with Gasteiger partial charge in [-0.2, -0.15) is 5.10 Å². The molecule has 1 aliphatic carbocycles. The molecule has 2 unspecified atom stereocenters. The zero-order valence-corrected chi connectivity index (χ0v) is 10.6. The van der Waals surface area contributed by atoms with Crippen LogP contribution >= 0.6 is 0 Å². The summed E-state index contributed by atoms with van der Waals surface area (Å²) < 4.78 is 0. The minimum Gasteiger partial charge on any atom is -0.395 e. The van der Waals surface area contributed by atoms with Gasteiger partial charge in [0.1, 0.15) is 0 Å². The van der Waals surface area contributed by atoms with Crippen molar-refractivity contribution in [3.63, 3.8) is 0 Å². The minimum atomic E-state index is -0.246. The molecule has 0 radical (unpaired) electrons. The Balaban J connectivity index is 1.89. The van der Waals surface area contributed by atoms with Crippen LogP contribution in [0.1, 0.15) is 42.4 Å². The summed E-state index contributed by atoms with van der Waals surface area (Å²) in [5.74, 6) is 0.111. The van der Waals surface area contributed by atoms with Crippen LogP contribution in [0.2, 0.25) is 0 Å². The van der Waals surface area contributed by atoms with E-state index in [2.05, 4.69) is 15.5 Å². The number of aryl methyl sites for hydroxylation is 1. The lowest BCUT2D eigenvalue weighted by Gasteiger charge is -2.10. The lowest BCUT2D eigenvalue weighted by atomic mass is 10.1. The van der Waals surface area contributed by atoms with Crippen LogP contribution in [0.5, 0.6) is 0 Å². The van der Waals surface area contributed by atoms with Crippen LogP contribution in [-0.2, 0) is 6.42 Å². The number of carbonyl (C=O) groups is 1. The highest BCUT2D eigenvalue weighted by atomic mass is 16.3. The van der Waals surface area contributed by atoms with Crippen molar-refractivity contribution >= 4 is 11.6 Å². The number of nitrogens with zero attached hydrogens (tertiary/aromatic N) is 1. The van der Waals surface area contributed by atoms with Crippen molar-refractivity contribution in [2.24, 2.45) is 5.92 Å². The molecule has 6 heteroatoms. The molecule has 0 aliphatic heterocycles. The Morgan fingerprint density at radius 3 is 2.94 bits per heavy atom. The molecular formula is C12H20N4O2. The maximum atomic E-state index is 11.9. The normalized spacial score (nSPS) is 23.2. The Labute approximate surface area is 106 Å². The molecule has 1 fully saturated rings. The van der Waals surface area contributed by atoms with E-state index in [1.807, 2.05) is 6.92 Å². The Morgan fingerprint density at radius 1 is 1.61 bits per heavy atom. The van der Waals surface area contributed by atoms with Crippen molar-refractivity contribution in [3.05, 3.63) is 11.4 Å². The standard InChI is InChI=1S/C12H20N4O2/c1-2-9-10(13)11(16-15-9)12(18)14-6-7-3-4-8(17)5-7/h7-8,17H,2-6,13H2,1H3,(H,14,18)(H,15,16). The van der Waals surface area contributed by atoms with E-state index in [1.54, 1.807) is 0 Å². The number of carbonyl (C=O) groups excluding carboxylic acids is 1. The number of nitrogens with one attached hydrogen (secondary N) is 2. The number of H-pyrrole nitrogens is 1. The van der Waals surface area contributed by atoms with Gasteiger partial charge in [-0.3, -0.25) is 9.89 Å². The predicted molar refractivity (Wildman–Crippen MR) is 68.1 cm³/mol. The number of hydrogen-bond acceptors (Lipinski definition) is 4. The van der Waals surface area contributed by atoms with E-state index >= 15 is 0 Å². The average molecular weight is 252 g/mol. The maximum Gasteiger partial charge on any atom is 0.273 e. The number of nitrogen functional groups attached to an aromatic ring is 1. The van der Waals surface area contributed by atoms with Crippen LogP contribution in [-0.4, -0.2) is 33.9 Å². The number of amides is 1. The quantitative estimate of drug-likeness (QED) is 0.624. The molecule has 18 heavy (non-hydrogen) atoms. The first-order chi connectivity index (χ1) is 8.61. The average Bonchev–Trinajstić information content (AvgIpc) is 2.92. The van der Waals surface area contributed by atoms with Crippen molar-refractivity contribution in [1.82, 2.24) is 15.5 Å². The van der Waals surface area contributed by atoms with Crippen molar-refractivity contribution in [2.45, 2.75) is 38.7 Å². The molecule has 0 saturated heterocycles. The molecule has 1 aromatic rings. The highest BCUT2D eigenvalue weighted by Crippen LogP contribution is 2.24. The van der Waals surface area contributed by atoms with E-state index in [-0.39, 0.29) is 17.7 Å². The molecule has 2 atom stereocenters. The fourth-order valence-electron chi connectivity index (χ4n) is 2.38. The summed E-state index contributed by atoms with van der Waals surface area (Å²) in [6, 6.07) is 0. The van der Waals surface area contributed by atoms with E-state index in [4.69, 9.17) is 5.73 Å². The number of aromatic amines is 1. The molecule has 1 saturated carbocycles. The Bertz CT molecular complexity index is 430.